The summed E-state index contributed by atoms with van der Waals surface area (Å²) in [5, 5.41) is 8.55. The fraction of sp³-hybridized carbons (Fsp3) is 0.818. The molecule has 0 aliphatic carbocycles. The molecule has 1 fully saturated rings. The normalized spacial score (nSPS) is 20.9. The average molecular weight is 264 g/mol. The summed E-state index contributed by atoms with van der Waals surface area (Å²) in [6, 6.07) is -0.596. The Morgan fingerprint density at radius 1 is 1.41 bits per heavy atom. The lowest BCUT2D eigenvalue weighted by molar-refractivity contribution is -0.129. The summed E-state index contributed by atoms with van der Waals surface area (Å²) in [6.45, 7) is 5.02. The van der Waals surface area contributed by atoms with Gasteiger partial charge in [0.25, 0.3) is 0 Å². The maximum atomic E-state index is 11.8. The first-order chi connectivity index (χ1) is 7.65. The molecule has 1 aliphatic rings. The van der Waals surface area contributed by atoms with Crippen molar-refractivity contribution >= 4 is 24.2 Å². The standard InChI is InChI=1S/C11H21N3O2.ClH/c1-3-12-10(15)8(2)14-11(16)9-6-4-5-7-13-9;/h8-9,13H,3-7H2,1-2H3,(H,12,15)(H,14,16);1H/t8?,9-;/m1./s1. The maximum Gasteiger partial charge on any atom is 0.242 e. The van der Waals surface area contributed by atoms with Crippen LogP contribution in [-0.4, -0.2) is 37.0 Å². The summed E-state index contributed by atoms with van der Waals surface area (Å²) in [4.78, 5) is 23.2. The quantitative estimate of drug-likeness (QED) is 0.678. The molecule has 6 heteroatoms. The van der Waals surface area contributed by atoms with Crippen LogP contribution in [0.2, 0.25) is 0 Å². The van der Waals surface area contributed by atoms with E-state index in [2.05, 4.69) is 16.0 Å². The van der Waals surface area contributed by atoms with Gasteiger partial charge in [0.1, 0.15) is 6.04 Å². The minimum atomic E-state index is -0.462. The van der Waals surface area contributed by atoms with Crippen molar-refractivity contribution < 1.29 is 9.59 Å². The van der Waals surface area contributed by atoms with Gasteiger partial charge in [-0.2, -0.15) is 0 Å². The van der Waals surface area contributed by atoms with E-state index >= 15 is 0 Å². The lowest BCUT2D eigenvalue weighted by Crippen LogP contribution is -2.52. The summed E-state index contributed by atoms with van der Waals surface area (Å²) < 4.78 is 0. The number of amides is 2. The Kier molecular flexibility index (Phi) is 7.91. The monoisotopic (exact) mass is 263 g/mol. The summed E-state index contributed by atoms with van der Waals surface area (Å²) >= 11 is 0. The summed E-state index contributed by atoms with van der Waals surface area (Å²) in [5.74, 6) is -0.204. The molecular formula is C11H22ClN3O2. The third-order valence-electron chi connectivity index (χ3n) is 2.73. The number of hydrogen-bond donors (Lipinski definition) is 3. The zero-order chi connectivity index (χ0) is 12.0. The second-order valence-electron chi connectivity index (χ2n) is 4.13. The van der Waals surface area contributed by atoms with Gasteiger partial charge < -0.3 is 16.0 Å². The van der Waals surface area contributed by atoms with Crippen LogP contribution in [0.1, 0.15) is 33.1 Å². The van der Waals surface area contributed by atoms with Crippen molar-refractivity contribution in [2.24, 2.45) is 0 Å². The average Bonchev–Trinajstić information content (AvgIpc) is 2.30. The van der Waals surface area contributed by atoms with Crippen LogP contribution >= 0.6 is 12.4 Å². The highest BCUT2D eigenvalue weighted by molar-refractivity contribution is 5.89. The summed E-state index contributed by atoms with van der Waals surface area (Å²) in [6.07, 6.45) is 3.05. The van der Waals surface area contributed by atoms with E-state index in [1.807, 2.05) is 6.92 Å². The number of piperidine rings is 1. The Balaban J connectivity index is 0.00000256. The van der Waals surface area contributed by atoms with Crippen LogP contribution in [0.4, 0.5) is 0 Å². The zero-order valence-electron chi connectivity index (χ0n) is 10.4. The number of carbonyl (C=O) groups is 2. The molecule has 0 bridgehead atoms. The number of carbonyl (C=O) groups excluding carboxylic acids is 2. The molecule has 0 aromatic carbocycles. The van der Waals surface area contributed by atoms with Crippen LogP contribution in [0.25, 0.3) is 0 Å². The van der Waals surface area contributed by atoms with E-state index in [4.69, 9.17) is 0 Å². The van der Waals surface area contributed by atoms with E-state index in [1.54, 1.807) is 6.92 Å². The van der Waals surface area contributed by atoms with E-state index in [0.29, 0.717) is 6.54 Å². The van der Waals surface area contributed by atoms with Gasteiger partial charge in [0, 0.05) is 6.54 Å². The largest absolute Gasteiger partial charge is 0.355 e. The van der Waals surface area contributed by atoms with Gasteiger partial charge in [0.05, 0.1) is 6.04 Å². The molecule has 1 unspecified atom stereocenters. The highest BCUT2D eigenvalue weighted by Crippen LogP contribution is 2.06. The molecule has 0 aromatic heterocycles. The molecule has 1 aliphatic heterocycles. The van der Waals surface area contributed by atoms with Gasteiger partial charge >= 0.3 is 0 Å². The first-order valence-corrected chi connectivity index (χ1v) is 5.96. The highest BCUT2D eigenvalue weighted by Gasteiger charge is 2.23. The molecule has 0 radical (unpaired) electrons. The van der Waals surface area contributed by atoms with Gasteiger partial charge in [0.15, 0.2) is 0 Å². The number of nitrogens with one attached hydrogen (secondary N) is 3. The van der Waals surface area contributed by atoms with Crippen LogP contribution in [-0.2, 0) is 9.59 Å². The first kappa shape index (κ1) is 16.2. The van der Waals surface area contributed by atoms with Gasteiger partial charge in [-0.05, 0) is 33.2 Å². The summed E-state index contributed by atoms with van der Waals surface area (Å²) in [5.41, 5.74) is 0. The van der Waals surface area contributed by atoms with Crippen molar-refractivity contribution in [1.29, 1.82) is 0 Å². The smallest absolute Gasteiger partial charge is 0.242 e. The second kappa shape index (κ2) is 8.31. The molecular weight excluding hydrogens is 242 g/mol. The Hall–Kier alpha value is -0.810. The van der Waals surface area contributed by atoms with Gasteiger partial charge in [-0.15, -0.1) is 12.4 Å². The van der Waals surface area contributed by atoms with Crippen LogP contribution < -0.4 is 16.0 Å². The predicted octanol–water partition coefficient (Wildman–Crippen LogP) is 0.191. The number of halogens is 1. The molecule has 1 saturated heterocycles. The zero-order valence-corrected chi connectivity index (χ0v) is 11.2. The van der Waals surface area contributed by atoms with Crippen molar-refractivity contribution in [3.8, 4) is 0 Å². The lowest BCUT2D eigenvalue weighted by Gasteiger charge is -2.24. The van der Waals surface area contributed by atoms with Crippen LogP contribution in [0.5, 0.6) is 0 Å². The van der Waals surface area contributed by atoms with Gasteiger partial charge in [-0.1, -0.05) is 6.42 Å². The van der Waals surface area contributed by atoms with Gasteiger partial charge in [0.2, 0.25) is 11.8 Å². The molecule has 100 valence electrons. The van der Waals surface area contributed by atoms with Crippen LogP contribution in [0.3, 0.4) is 0 Å². The first-order valence-electron chi connectivity index (χ1n) is 5.96. The lowest BCUT2D eigenvalue weighted by atomic mass is 10.0. The second-order valence-corrected chi connectivity index (χ2v) is 4.13. The third kappa shape index (κ3) is 5.37. The van der Waals surface area contributed by atoms with E-state index in [0.717, 1.165) is 25.8 Å². The van der Waals surface area contributed by atoms with Crippen molar-refractivity contribution in [2.45, 2.75) is 45.2 Å². The fourth-order valence-corrected chi connectivity index (χ4v) is 1.78. The number of likely N-dealkylation sites (N-methyl/N-ethyl adjacent to an activating group) is 1. The molecule has 0 aromatic rings. The molecule has 1 heterocycles. The van der Waals surface area contributed by atoms with Crippen LogP contribution in [0, 0.1) is 0 Å². The van der Waals surface area contributed by atoms with Gasteiger partial charge in [-0.3, -0.25) is 9.59 Å². The third-order valence-corrected chi connectivity index (χ3v) is 2.73. The Labute approximate surface area is 109 Å². The van der Waals surface area contributed by atoms with Crippen LogP contribution in [0.15, 0.2) is 0 Å². The molecule has 2 amide bonds. The topological polar surface area (TPSA) is 70.2 Å². The Morgan fingerprint density at radius 3 is 2.65 bits per heavy atom. The molecule has 1 rings (SSSR count). The SMILES string of the molecule is CCNC(=O)C(C)NC(=O)[C@H]1CCCCN1.Cl. The Morgan fingerprint density at radius 2 is 2.12 bits per heavy atom. The Bertz CT molecular complexity index is 255. The van der Waals surface area contributed by atoms with Crippen molar-refractivity contribution in [1.82, 2.24) is 16.0 Å². The van der Waals surface area contributed by atoms with Crippen molar-refractivity contribution in [3.63, 3.8) is 0 Å². The van der Waals surface area contributed by atoms with Crippen molar-refractivity contribution in [2.75, 3.05) is 13.1 Å². The minimum absolute atomic E-state index is 0. The minimum Gasteiger partial charge on any atom is -0.355 e. The number of hydrogen-bond acceptors (Lipinski definition) is 3. The molecule has 0 spiro atoms. The maximum absolute atomic E-state index is 11.8. The highest BCUT2D eigenvalue weighted by atomic mass is 35.5. The molecule has 2 atom stereocenters. The van der Waals surface area contributed by atoms with Crippen molar-refractivity contribution in [3.05, 3.63) is 0 Å². The molecule has 17 heavy (non-hydrogen) atoms. The predicted molar refractivity (Wildman–Crippen MR) is 69.2 cm³/mol. The number of rotatable bonds is 4. The van der Waals surface area contributed by atoms with E-state index < -0.39 is 6.04 Å². The molecule has 5 nitrogen and oxygen atoms in total. The van der Waals surface area contributed by atoms with E-state index in [1.165, 1.54) is 0 Å². The molecule has 3 N–H and O–H groups in total. The van der Waals surface area contributed by atoms with E-state index in [9.17, 15) is 9.59 Å². The molecule has 0 saturated carbocycles. The fourth-order valence-electron chi connectivity index (χ4n) is 1.78. The summed E-state index contributed by atoms with van der Waals surface area (Å²) in [7, 11) is 0. The van der Waals surface area contributed by atoms with E-state index in [-0.39, 0.29) is 30.3 Å². The van der Waals surface area contributed by atoms with Gasteiger partial charge in [-0.25, -0.2) is 0 Å².